The number of carbonyl (C=O) groups excluding carboxylic acids is 6. The molecule has 208 valence electrons. The zero-order chi connectivity index (χ0) is 28.8. The Kier molecular flexibility index (Phi) is 7.48. The van der Waals surface area contributed by atoms with Gasteiger partial charge in [-0.3, -0.25) is 24.0 Å². The fourth-order valence-corrected chi connectivity index (χ4v) is 6.22. The number of rotatable bonds is 7. The van der Waals surface area contributed by atoms with Gasteiger partial charge in [-0.1, -0.05) is 19.9 Å². The summed E-state index contributed by atoms with van der Waals surface area (Å²) in [6, 6.07) is 1.70. The minimum absolute atomic E-state index is 0.0270. The topological polar surface area (TPSA) is 190 Å². The van der Waals surface area contributed by atoms with E-state index in [0.717, 1.165) is 5.56 Å². The molecule has 2 amide bonds. The number of aliphatic hydroxyl groups is 1. The van der Waals surface area contributed by atoms with Gasteiger partial charge < -0.3 is 26.0 Å². The predicted molar refractivity (Wildman–Crippen MR) is 136 cm³/mol. The van der Waals surface area contributed by atoms with Crippen LogP contribution in [0.4, 0.5) is 4.79 Å². The van der Waals surface area contributed by atoms with Crippen molar-refractivity contribution >= 4 is 35.1 Å². The largest absolute Gasteiger partial charge is 0.507 e. The summed E-state index contributed by atoms with van der Waals surface area (Å²) in [6.07, 6.45) is 1.17. The van der Waals surface area contributed by atoms with Crippen molar-refractivity contribution in [3.8, 4) is 5.75 Å². The fourth-order valence-electron chi connectivity index (χ4n) is 6.22. The van der Waals surface area contributed by atoms with Crippen LogP contribution in [-0.4, -0.2) is 57.6 Å². The molecule has 11 heteroatoms. The molecule has 11 nitrogen and oxygen atoms in total. The summed E-state index contributed by atoms with van der Waals surface area (Å²) < 4.78 is 5.01. The number of Topliss-reactive ketones (excluding diaryl/α,β-unsaturated/α-hetero) is 4. The van der Waals surface area contributed by atoms with Crippen molar-refractivity contribution in [2.45, 2.75) is 57.6 Å². The van der Waals surface area contributed by atoms with Crippen molar-refractivity contribution in [3.05, 3.63) is 41.0 Å². The molecule has 0 spiro atoms. The van der Waals surface area contributed by atoms with Crippen LogP contribution in [0.25, 0.3) is 0 Å². The minimum Gasteiger partial charge on any atom is -0.507 e. The lowest BCUT2D eigenvalue weighted by molar-refractivity contribution is -0.175. The molecule has 0 aromatic heterocycles. The number of nitrogens with two attached hydrogens (primary N) is 1. The maximum atomic E-state index is 13.8. The van der Waals surface area contributed by atoms with Crippen LogP contribution in [0, 0.1) is 23.7 Å². The number of primary amides is 1. The van der Waals surface area contributed by atoms with Crippen LogP contribution in [0.1, 0.15) is 66.1 Å². The Hall–Kier alpha value is -3.86. The number of phenols is 1. The van der Waals surface area contributed by atoms with E-state index in [1.54, 1.807) is 12.1 Å². The molecule has 0 saturated heterocycles. The Bertz CT molecular complexity index is 1300. The number of fused-ring (bicyclic) bond motifs is 3. The molecule has 5 atom stereocenters. The molecule has 39 heavy (non-hydrogen) atoms. The molecule has 2 unspecified atom stereocenters. The molecule has 3 aliphatic carbocycles. The summed E-state index contributed by atoms with van der Waals surface area (Å²) in [5, 5.41) is 25.0. The standard InChI is InChI=1S/C28H32N2O9/c1-4-5-6-39-27(37)30-11-14-9-16(12(2)3)17-8-13-7-15-10-18(31)21(26(29)36)25(35)28(15,38)24(34)19(13)23(33)20(17)22(14)32/h4,9,12-13,15,19,21,32,38H,1,5-8,10-11H2,2-3H3,(H2,29,36)(H,30,37)/t13-,15+,19?,21?,28+/m1/s1. The maximum absolute atomic E-state index is 13.8. The first-order valence-electron chi connectivity index (χ1n) is 12.9. The molecule has 1 aromatic rings. The first-order chi connectivity index (χ1) is 18.3. The molecule has 0 bridgehead atoms. The van der Waals surface area contributed by atoms with Crippen LogP contribution in [-0.2, 0) is 36.9 Å². The Morgan fingerprint density at radius 3 is 2.54 bits per heavy atom. The van der Waals surface area contributed by atoms with Crippen molar-refractivity contribution in [3.63, 3.8) is 0 Å². The summed E-state index contributed by atoms with van der Waals surface area (Å²) in [4.78, 5) is 76.9. The highest BCUT2D eigenvalue weighted by Crippen LogP contribution is 2.51. The number of nitrogens with one attached hydrogen (secondary N) is 1. The number of phenolic OH excluding ortho intramolecular Hbond substituents is 1. The zero-order valence-corrected chi connectivity index (χ0v) is 21.8. The van der Waals surface area contributed by atoms with Crippen molar-refractivity contribution < 1.29 is 43.7 Å². The van der Waals surface area contributed by atoms with Gasteiger partial charge in [-0.15, -0.1) is 6.58 Å². The fraction of sp³-hybridized carbons (Fsp3) is 0.500. The van der Waals surface area contributed by atoms with E-state index in [2.05, 4.69) is 11.9 Å². The van der Waals surface area contributed by atoms with Gasteiger partial charge >= 0.3 is 6.09 Å². The van der Waals surface area contributed by atoms with Crippen molar-refractivity contribution in [1.82, 2.24) is 5.32 Å². The van der Waals surface area contributed by atoms with E-state index < -0.39 is 70.2 Å². The average Bonchev–Trinajstić information content (AvgIpc) is 2.85. The molecular weight excluding hydrogens is 508 g/mol. The number of hydrogen-bond donors (Lipinski definition) is 4. The summed E-state index contributed by atoms with van der Waals surface area (Å²) in [5.41, 5.74) is 3.94. The molecule has 0 radical (unpaired) electrons. The Labute approximate surface area is 224 Å². The van der Waals surface area contributed by atoms with Crippen LogP contribution >= 0.6 is 0 Å². The lowest BCUT2D eigenvalue weighted by Gasteiger charge is -2.48. The Morgan fingerprint density at radius 1 is 1.23 bits per heavy atom. The van der Waals surface area contributed by atoms with E-state index in [9.17, 15) is 39.0 Å². The predicted octanol–water partition coefficient (Wildman–Crippen LogP) is 1.25. The van der Waals surface area contributed by atoms with Gasteiger partial charge in [0, 0.05) is 24.4 Å². The number of amides is 2. The third-order valence-corrected chi connectivity index (χ3v) is 8.12. The SMILES string of the molecule is C=CCCOC(=O)NCc1cc(C(C)C)c2c(c1O)C(=O)C1C(=O)[C@]3(O)C(=O)C(C(N)=O)C(=O)C[C@@H]3C[C@@H]1C2. The monoisotopic (exact) mass is 540 g/mol. The summed E-state index contributed by atoms with van der Waals surface area (Å²) in [6.45, 7) is 7.31. The van der Waals surface area contributed by atoms with E-state index >= 15 is 0 Å². The van der Waals surface area contributed by atoms with E-state index in [4.69, 9.17) is 10.5 Å². The number of aromatic hydroxyl groups is 1. The van der Waals surface area contributed by atoms with Crippen LogP contribution in [0.5, 0.6) is 5.75 Å². The Morgan fingerprint density at radius 2 is 1.92 bits per heavy atom. The first-order valence-corrected chi connectivity index (χ1v) is 12.9. The van der Waals surface area contributed by atoms with Gasteiger partial charge in [-0.2, -0.15) is 0 Å². The van der Waals surface area contributed by atoms with Crippen LogP contribution in [0.3, 0.4) is 0 Å². The van der Waals surface area contributed by atoms with E-state index in [-0.39, 0.29) is 49.5 Å². The lowest BCUT2D eigenvalue weighted by Crippen LogP contribution is -2.68. The normalized spacial score (nSPS) is 27.9. The number of carbonyl (C=O) groups is 6. The van der Waals surface area contributed by atoms with Gasteiger partial charge in [0.05, 0.1) is 18.1 Å². The van der Waals surface area contributed by atoms with Gasteiger partial charge in [-0.25, -0.2) is 4.79 Å². The van der Waals surface area contributed by atoms with Gasteiger partial charge in [0.2, 0.25) is 5.91 Å². The highest BCUT2D eigenvalue weighted by molar-refractivity contribution is 6.31. The van der Waals surface area contributed by atoms with Gasteiger partial charge in [0.1, 0.15) is 5.75 Å². The van der Waals surface area contributed by atoms with Crippen molar-refractivity contribution in [2.24, 2.45) is 29.4 Å². The molecule has 4 rings (SSSR count). The smallest absolute Gasteiger partial charge is 0.407 e. The molecule has 5 N–H and O–H groups in total. The highest BCUT2D eigenvalue weighted by Gasteiger charge is 2.66. The minimum atomic E-state index is -2.70. The second-order valence-corrected chi connectivity index (χ2v) is 10.8. The molecular formula is C28H32N2O9. The molecule has 3 aliphatic rings. The average molecular weight is 541 g/mol. The second kappa shape index (κ2) is 10.4. The van der Waals surface area contributed by atoms with Gasteiger partial charge in [-0.05, 0) is 48.3 Å². The quantitative estimate of drug-likeness (QED) is 0.224. The Balaban J connectivity index is 1.72. The van der Waals surface area contributed by atoms with Crippen molar-refractivity contribution in [1.29, 1.82) is 0 Å². The first kappa shape index (κ1) is 28.2. The number of hydrogen-bond acceptors (Lipinski definition) is 9. The van der Waals surface area contributed by atoms with Crippen LogP contribution in [0.2, 0.25) is 0 Å². The summed E-state index contributed by atoms with van der Waals surface area (Å²) in [7, 11) is 0. The number of alkyl carbamates (subject to hydrolysis) is 1. The number of ether oxygens (including phenoxy) is 1. The summed E-state index contributed by atoms with van der Waals surface area (Å²) >= 11 is 0. The third-order valence-electron chi connectivity index (χ3n) is 8.12. The highest BCUT2D eigenvalue weighted by atomic mass is 16.5. The summed E-state index contributed by atoms with van der Waals surface area (Å²) in [5.74, 6) is -10.8. The maximum Gasteiger partial charge on any atom is 0.407 e. The van der Waals surface area contributed by atoms with E-state index in [1.165, 1.54) is 0 Å². The van der Waals surface area contributed by atoms with E-state index in [0.29, 0.717) is 12.0 Å². The number of benzene rings is 1. The second-order valence-electron chi connectivity index (χ2n) is 10.8. The molecule has 0 heterocycles. The van der Waals surface area contributed by atoms with Gasteiger partial charge in [0.15, 0.2) is 34.7 Å². The van der Waals surface area contributed by atoms with Crippen LogP contribution in [0.15, 0.2) is 18.7 Å². The zero-order valence-electron chi connectivity index (χ0n) is 21.8. The van der Waals surface area contributed by atoms with Crippen LogP contribution < -0.4 is 11.1 Å². The third kappa shape index (κ3) is 4.54. The lowest BCUT2D eigenvalue weighted by atomic mass is 9.53. The molecule has 0 aliphatic heterocycles. The molecule has 2 fully saturated rings. The van der Waals surface area contributed by atoms with E-state index in [1.807, 2.05) is 13.8 Å². The number of ketones is 4. The molecule has 2 saturated carbocycles. The van der Waals surface area contributed by atoms with Crippen molar-refractivity contribution in [2.75, 3.05) is 6.61 Å². The van der Waals surface area contributed by atoms with Gasteiger partial charge in [0.25, 0.3) is 0 Å². The molecule has 1 aromatic carbocycles.